The molecule has 0 aliphatic carbocycles. The molecule has 0 N–H and O–H groups in total. The van der Waals surface area contributed by atoms with Crippen LogP contribution >= 0.6 is 0 Å². The summed E-state index contributed by atoms with van der Waals surface area (Å²) >= 11 is 0. The molecule has 0 aliphatic rings. The summed E-state index contributed by atoms with van der Waals surface area (Å²) in [6.07, 6.45) is 8.31. The van der Waals surface area contributed by atoms with E-state index in [0.717, 1.165) is 12.8 Å². The summed E-state index contributed by atoms with van der Waals surface area (Å²) in [6, 6.07) is 0. The molecule has 15 heavy (non-hydrogen) atoms. The molecule has 0 aromatic carbocycles. The number of hydrogen-bond donors (Lipinski definition) is 0. The van der Waals surface area contributed by atoms with Gasteiger partial charge in [-0.3, -0.25) is 0 Å². The Morgan fingerprint density at radius 1 is 1.53 bits per heavy atom. The fraction of sp³-hybridized carbons (Fsp3) is 0.500. The van der Waals surface area contributed by atoms with Crippen LogP contribution in [0, 0.1) is 0 Å². The minimum Gasteiger partial charge on any atom is -0.463 e. The van der Waals surface area contributed by atoms with Crippen LogP contribution in [-0.2, 0) is 9.53 Å². The topological polar surface area (TPSA) is 75.1 Å². The maximum Gasteiger partial charge on any atom is 0.330 e. The van der Waals surface area contributed by atoms with Gasteiger partial charge in [0.25, 0.3) is 0 Å². The van der Waals surface area contributed by atoms with Gasteiger partial charge in [0.2, 0.25) is 0 Å². The zero-order valence-electron chi connectivity index (χ0n) is 8.80. The van der Waals surface area contributed by atoms with E-state index in [1.165, 1.54) is 6.08 Å². The zero-order chi connectivity index (χ0) is 11.4. The molecular weight excluding hydrogens is 194 g/mol. The highest BCUT2D eigenvalue weighted by Gasteiger charge is 1.89. The van der Waals surface area contributed by atoms with Gasteiger partial charge in [-0.15, -0.1) is 0 Å². The molecule has 0 saturated heterocycles. The summed E-state index contributed by atoms with van der Waals surface area (Å²) < 4.78 is 4.69. The number of carbonyl (C=O) groups excluding carboxylic acids is 1. The van der Waals surface area contributed by atoms with Crippen molar-refractivity contribution in [3.8, 4) is 0 Å². The maximum absolute atomic E-state index is 10.8. The van der Waals surface area contributed by atoms with E-state index < -0.39 is 0 Å². The lowest BCUT2D eigenvalue weighted by molar-refractivity contribution is -0.137. The van der Waals surface area contributed by atoms with Crippen LogP contribution in [-0.4, -0.2) is 19.1 Å². The van der Waals surface area contributed by atoms with Crippen molar-refractivity contribution < 1.29 is 9.53 Å². The smallest absolute Gasteiger partial charge is 0.330 e. The van der Waals surface area contributed by atoms with Gasteiger partial charge in [-0.2, -0.15) is 0 Å². The number of azide groups is 1. The van der Waals surface area contributed by atoms with Crippen molar-refractivity contribution in [2.24, 2.45) is 5.11 Å². The minimum absolute atomic E-state index is 0.337. The third-order valence-electron chi connectivity index (χ3n) is 1.46. The summed E-state index contributed by atoms with van der Waals surface area (Å²) in [5.74, 6) is -0.337. The minimum atomic E-state index is -0.337. The van der Waals surface area contributed by atoms with E-state index in [-0.39, 0.29) is 5.97 Å². The monoisotopic (exact) mass is 209 g/mol. The first kappa shape index (κ1) is 13.3. The van der Waals surface area contributed by atoms with Crippen molar-refractivity contribution in [3.63, 3.8) is 0 Å². The van der Waals surface area contributed by atoms with Crippen LogP contribution in [0.4, 0.5) is 0 Å². The van der Waals surface area contributed by atoms with E-state index >= 15 is 0 Å². The maximum atomic E-state index is 10.8. The number of rotatable bonds is 7. The summed E-state index contributed by atoms with van der Waals surface area (Å²) in [5, 5.41) is 3.40. The molecule has 0 bridgehead atoms. The SMILES string of the molecule is CCOC(=O)/C=C/C=C/CCCN=[N+]=[N-]. The number of unbranched alkanes of at least 4 members (excludes halogenated alkanes) is 1. The van der Waals surface area contributed by atoms with Gasteiger partial charge < -0.3 is 4.74 Å². The Morgan fingerprint density at radius 3 is 3.00 bits per heavy atom. The lowest BCUT2D eigenvalue weighted by Crippen LogP contribution is -1.98. The normalized spacial score (nSPS) is 10.5. The van der Waals surface area contributed by atoms with Gasteiger partial charge in [0.15, 0.2) is 0 Å². The molecule has 0 unspecified atom stereocenters. The molecule has 5 nitrogen and oxygen atoms in total. The molecule has 0 heterocycles. The molecule has 82 valence electrons. The summed E-state index contributed by atoms with van der Waals surface area (Å²) in [5.41, 5.74) is 8.00. The largest absolute Gasteiger partial charge is 0.463 e. The van der Waals surface area contributed by atoms with Crippen molar-refractivity contribution in [1.82, 2.24) is 0 Å². The van der Waals surface area contributed by atoms with E-state index in [4.69, 9.17) is 5.53 Å². The number of carbonyl (C=O) groups is 1. The Balaban J connectivity index is 3.52. The summed E-state index contributed by atoms with van der Waals surface area (Å²) in [6.45, 7) is 2.65. The molecule has 0 radical (unpaired) electrons. The van der Waals surface area contributed by atoms with Gasteiger partial charge in [-0.05, 0) is 25.3 Å². The highest BCUT2D eigenvalue weighted by molar-refractivity contribution is 5.82. The fourth-order valence-corrected chi connectivity index (χ4v) is 0.824. The van der Waals surface area contributed by atoms with E-state index in [2.05, 4.69) is 14.8 Å². The second kappa shape index (κ2) is 10.3. The molecule has 0 aliphatic heterocycles. The number of hydrogen-bond acceptors (Lipinski definition) is 3. The van der Waals surface area contributed by atoms with E-state index in [9.17, 15) is 4.79 Å². The molecule has 0 spiro atoms. The molecule has 0 atom stereocenters. The van der Waals surface area contributed by atoms with Crippen LogP contribution in [0.5, 0.6) is 0 Å². The van der Waals surface area contributed by atoms with Crippen LogP contribution in [0.15, 0.2) is 29.4 Å². The standard InChI is InChI=1S/C10H15N3O2/c1-2-15-10(14)8-6-4-3-5-7-9-12-13-11/h3-4,6,8H,2,5,7,9H2,1H3/b4-3+,8-6+. The Morgan fingerprint density at radius 2 is 2.33 bits per heavy atom. The van der Waals surface area contributed by atoms with Gasteiger partial charge in [0.05, 0.1) is 6.61 Å². The molecular formula is C10H15N3O2. The first-order chi connectivity index (χ1) is 7.31. The molecule has 0 amide bonds. The quantitative estimate of drug-likeness (QED) is 0.123. The molecule has 0 aromatic rings. The van der Waals surface area contributed by atoms with Crippen molar-refractivity contribution in [1.29, 1.82) is 0 Å². The van der Waals surface area contributed by atoms with Gasteiger partial charge in [-0.1, -0.05) is 23.3 Å². The molecule has 0 fully saturated rings. The highest BCUT2D eigenvalue weighted by atomic mass is 16.5. The van der Waals surface area contributed by atoms with Crippen LogP contribution in [0.25, 0.3) is 10.4 Å². The van der Waals surface area contributed by atoms with Gasteiger partial charge >= 0.3 is 5.97 Å². The van der Waals surface area contributed by atoms with E-state index in [1.54, 1.807) is 19.1 Å². The van der Waals surface area contributed by atoms with Crippen molar-refractivity contribution >= 4 is 5.97 Å². The number of ether oxygens (including phenoxy) is 1. The second-order valence-electron chi connectivity index (χ2n) is 2.64. The van der Waals surface area contributed by atoms with Crippen LogP contribution in [0.1, 0.15) is 19.8 Å². The second-order valence-corrected chi connectivity index (χ2v) is 2.64. The average Bonchev–Trinajstić information content (AvgIpc) is 2.22. The Hall–Kier alpha value is -1.74. The third-order valence-corrected chi connectivity index (χ3v) is 1.46. The van der Waals surface area contributed by atoms with Gasteiger partial charge in [-0.25, -0.2) is 4.79 Å². The fourth-order valence-electron chi connectivity index (χ4n) is 0.824. The highest BCUT2D eigenvalue weighted by Crippen LogP contribution is 1.92. The molecule has 0 saturated carbocycles. The lowest BCUT2D eigenvalue weighted by Gasteiger charge is -1.92. The zero-order valence-corrected chi connectivity index (χ0v) is 8.80. The Bertz CT molecular complexity index is 278. The number of esters is 1. The first-order valence-electron chi connectivity index (χ1n) is 4.82. The van der Waals surface area contributed by atoms with Crippen molar-refractivity contribution in [2.75, 3.05) is 13.2 Å². The van der Waals surface area contributed by atoms with E-state index in [0.29, 0.717) is 13.2 Å². The Labute approximate surface area is 89.1 Å². The molecule has 0 aromatic heterocycles. The first-order valence-corrected chi connectivity index (χ1v) is 4.82. The summed E-state index contributed by atoms with van der Waals surface area (Å²) in [4.78, 5) is 13.5. The van der Waals surface area contributed by atoms with Crippen molar-refractivity contribution in [2.45, 2.75) is 19.8 Å². The lowest BCUT2D eigenvalue weighted by atomic mass is 10.3. The third kappa shape index (κ3) is 10.2. The predicted octanol–water partition coefficient (Wildman–Crippen LogP) is 2.75. The average molecular weight is 209 g/mol. The molecule has 5 heteroatoms. The van der Waals surface area contributed by atoms with Crippen LogP contribution < -0.4 is 0 Å². The van der Waals surface area contributed by atoms with Crippen LogP contribution in [0.3, 0.4) is 0 Å². The Kier molecular flexibility index (Phi) is 9.14. The molecule has 0 rings (SSSR count). The van der Waals surface area contributed by atoms with Crippen molar-refractivity contribution in [3.05, 3.63) is 34.7 Å². The van der Waals surface area contributed by atoms with Crippen LogP contribution in [0.2, 0.25) is 0 Å². The summed E-state index contributed by atoms with van der Waals surface area (Å²) in [7, 11) is 0. The number of nitrogens with zero attached hydrogens (tertiary/aromatic N) is 3. The number of allylic oxidation sites excluding steroid dienone is 3. The predicted molar refractivity (Wildman–Crippen MR) is 58.2 cm³/mol. The van der Waals surface area contributed by atoms with Gasteiger partial charge in [0.1, 0.15) is 0 Å². The van der Waals surface area contributed by atoms with E-state index in [1.807, 2.05) is 6.08 Å². The van der Waals surface area contributed by atoms with Gasteiger partial charge in [0, 0.05) is 17.5 Å².